The number of pyridine rings is 1. The molecule has 0 aliphatic rings. The summed E-state index contributed by atoms with van der Waals surface area (Å²) < 4.78 is 14.0. The molecule has 0 bridgehead atoms. The molecule has 2 aromatic rings. The highest BCUT2D eigenvalue weighted by Gasteiger charge is 2.02. The maximum absolute atomic E-state index is 13.1. The summed E-state index contributed by atoms with van der Waals surface area (Å²) >= 11 is 3.41. The number of benzene rings is 1. The third kappa shape index (κ3) is 3.62. The average molecular weight is 309 g/mol. The van der Waals surface area contributed by atoms with Gasteiger partial charge in [0.15, 0.2) is 0 Å². The molecule has 0 aliphatic carbocycles. The fraction of sp³-hybridized carbons (Fsp3) is 0.214. The first-order valence-corrected chi connectivity index (χ1v) is 6.51. The van der Waals surface area contributed by atoms with Crippen LogP contribution in [0.5, 0.6) is 0 Å². The van der Waals surface area contributed by atoms with Gasteiger partial charge in [0.05, 0.1) is 5.69 Å². The van der Waals surface area contributed by atoms with Gasteiger partial charge in [0, 0.05) is 23.3 Å². The van der Waals surface area contributed by atoms with Crippen LogP contribution >= 0.6 is 15.9 Å². The molecule has 0 unspecified atom stereocenters. The van der Waals surface area contributed by atoms with Gasteiger partial charge in [-0.05, 0) is 42.8 Å². The molecule has 0 fully saturated rings. The van der Waals surface area contributed by atoms with Crippen LogP contribution in [0.4, 0.5) is 4.39 Å². The van der Waals surface area contributed by atoms with E-state index in [1.165, 1.54) is 12.1 Å². The molecule has 4 heteroatoms. The lowest BCUT2D eigenvalue weighted by Gasteiger charge is -2.07. The first kappa shape index (κ1) is 13.2. The van der Waals surface area contributed by atoms with Crippen LogP contribution in [0, 0.1) is 12.7 Å². The van der Waals surface area contributed by atoms with Crippen molar-refractivity contribution in [1.29, 1.82) is 0 Å². The number of aryl methyl sites for hydroxylation is 1. The number of hydrogen-bond acceptors (Lipinski definition) is 2. The van der Waals surface area contributed by atoms with Crippen molar-refractivity contribution in [3.05, 3.63) is 63.6 Å². The predicted molar refractivity (Wildman–Crippen MR) is 73.6 cm³/mol. The first-order valence-electron chi connectivity index (χ1n) is 5.72. The van der Waals surface area contributed by atoms with E-state index in [1.807, 2.05) is 25.1 Å². The van der Waals surface area contributed by atoms with Crippen molar-refractivity contribution in [2.24, 2.45) is 0 Å². The Morgan fingerprint density at radius 2 is 2.06 bits per heavy atom. The van der Waals surface area contributed by atoms with Crippen LogP contribution in [-0.4, -0.2) is 4.98 Å². The standard InChI is InChI=1S/C14H14BrFN2/c1-10-3-2-4-13(18-10)9-17-8-11-7-12(16)5-6-14(11)15/h2-7,17H,8-9H2,1H3. The molecule has 2 nitrogen and oxygen atoms in total. The summed E-state index contributed by atoms with van der Waals surface area (Å²) in [7, 11) is 0. The second kappa shape index (κ2) is 6.07. The Labute approximate surface area is 114 Å². The van der Waals surface area contributed by atoms with Crippen LogP contribution < -0.4 is 5.32 Å². The fourth-order valence-corrected chi connectivity index (χ4v) is 2.09. The molecule has 0 spiro atoms. The van der Waals surface area contributed by atoms with Gasteiger partial charge in [-0.3, -0.25) is 4.98 Å². The van der Waals surface area contributed by atoms with Crippen LogP contribution in [0.1, 0.15) is 17.0 Å². The van der Waals surface area contributed by atoms with Gasteiger partial charge in [-0.1, -0.05) is 22.0 Å². The smallest absolute Gasteiger partial charge is 0.123 e. The lowest BCUT2D eigenvalue weighted by atomic mass is 10.2. The molecular formula is C14H14BrFN2. The highest BCUT2D eigenvalue weighted by Crippen LogP contribution is 2.17. The molecule has 1 aromatic carbocycles. The molecule has 0 amide bonds. The zero-order valence-electron chi connectivity index (χ0n) is 10.1. The van der Waals surface area contributed by atoms with Crippen molar-refractivity contribution in [2.45, 2.75) is 20.0 Å². The third-order valence-corrected chi connectivity index (χ3v) is 3.35. The van der Waals surface area contributed by atoms with Gasteiger partial charge in [0.25, 0.3) is 0 Å². The molecule has 18 heavy (non-hydrogen) atoms. The van der Waals surface area contributed by atoms with Crippen LogP contribution in [0.3, 0.4) is 0 Å². The van der Waals surface area contributed by atoms with E-state index < -0.39 is 0 Å². The molecule has 1 aromatic heterocycles. The van der Waals surface area contributed by atoms with Crippen molar-refractivity contribution in [1.82, 2.24) is 10.3 Å². The summed E-state index contributed by atoms with van der Waals surface area (Å²) in [6, 6.07) is 10.6. The van der Waals surface area contributed by atoms with Crippen LogP contribution in [-0.2, 0) is 13.1 Å². The Morgan fingerprint density at radius 3 is 2.83 bits per heavy atom. The van der Waals surface area contributed by atoms with E-state index in [-0.39, 0.29) is 5.82 Å². The van der Waals surface area contributed by atoms with Gasteiger partial charge in [-0.2, -0.15) is 0 Å². The van der Waals surface area contributed by atoms with E-state index in [0.717, 1.165) is 21.4 Å². The quantitative estimate of drug-likeness (QED) is 0.934. The normalized spacial score (nSPS) is 10.6. The molecule has 0 radical (unpaired) electrons. The van der Waals surface area contributed by atoms with E-state index in [0.29, 0.717) is 13.1 Å². The van der Waals surface area contributed by atoms with Gasteiger partial charge in [0.2, 0.25) is 0 Å². The van der Waals surface area contributed by atoms with E-state index in [1.54, 1.807) is 6.07 Å². The second-order valence-corrected chi connectivity index (χ2v) is 4.96. The van der Waals surface area contributed by atoms with E-state index in [2.05, 4.69) is 26.2 Å². The van der Waals surface area contributed by atoms with Crippen molar-refractivity contribution in [3.8, 4) is 0 Å². The topological polar surface area (TPSA) is 24.9 Å². The van der Waals surface area contributed by atoms with Crippen LogP contribution in [0.2, 0.25) is 0 Å². The number of nitrogens with one attached hydrogen (secondary N) is 1. The van der Waals surface area contributed by atoms with E-state index in [9.17, 15) is 4.39 Å². The first-order chi connectivity index (χ1) is 8.65. The molecule has 0 saturated carbocycles. The third-order valence-electron chi connectivity index (χ3n) is 2.58. The summed E-state index contributed by atoms with van der Waals surface area (Å²) in [4.78, 5) is 4.40. The highest BCUT2D eigenvalue weighted by atomic mass is 79.9. The summed E-state index contributed by atoms with van der Waals surface area (Å²) in [6.07, 6.45) is 0. The number of hydrogen-bond donors (Lipinski definition) is 1. The Morgan fingerprint density at radius 1 is 1.22 bits per heavy atom. The summed E-state index contributed by atoms with van der Waals surface area (Å²) in [5.74, 6) is -0.219. The van der Waals surface area contributed by atoms with Crippen molar-refractivity contribution in [3.63, 3.8) is 0 Å². The monoisotopic (exact) mass is 308 g/mol. The minimum Gasteiger partial charge on any atom is -0.307 e. The summed E-state index contributed by atoms with van der Waals surface area (Å²) in [5, 5.41) is 3.25. The zero-order chi connectivity index (χ0) is 13.0. The fourth-order valence-electron chi connectivity index (χ4n) is 1.70. The maximum Gasteiger partial charge on any atom is 0.123 e. The molecule has 1 N–H and O–H groups in total. The Bertz CT molecular complexity index is 543. The SMILES string of the molecule is Cc1cccc(CNCc2cc(F)ccc2Br)n1. The van der Waals surface area contributed by atoms with Gasteiger partial charge in [0.1, 0.15) is 5.82 Å². The molecular weight excluding hydrogens is 295 g/mol. The van der Waals surface area contributed by atoms with Gasteiger partial charge in [-0.25, -0.2) is 4.39 Å². The highest BCUT2D eigenvalue weighted by molar-refractivity contribution is 9.10. The van der Waals surface area contributed by atoms with Crippen molar-refractivity contribution >= 4 is 15.9 Å². The molecule has 1 heterocycles. The Kier molecular flexibility index (Phi) is 4.44. The summed E-state index contributed by atoms with van der Waals surface area (Å²) in [6.45, 7) is 3.24. The van der Waals surface area contributed by atoms with Gasteiger partial charge in [-0.15, -0.1) is 0 Å². The number of nitrogens with zero attached hydrogens (tertiary/aromatic N) is 1. The molecule has 94 valence electrons. The van der Waals surface area contributed by atoms with Gasteiger partial charge >= 0.3 is 0 Å². The lowest BCUT2D eigenvalue weighted by Crippen LogP contribution is -2.14. The maximum atomic E-state index is 13.1. The summed E-state index contributed by atoms with van der Waals surface area (Å²) in [5.41, 5.74) is 2.89. The van der Waals surface area contributed by atoms with E-state index >= 15 is 0 Å². The van der Waals surface area contributed by atoms with Crippen molar-refractivity contribution < 1.29 is 4.39 Å². The predicted octanol–water partition coefficient (Wildman–Crippen LogP) is 3.58. The Hall–Kier alpha value is -1.26. The van der Waals surface area contributed by atoms with E-state index in [4.69, 9.17) is 0 Å². The molecule has 0 aliphatic heterocycles. The minimum absolute atomic E-state index is 0.219. The largest absolute Gasteiger partial charge is 0.307 e. The second-order valence-electron chi connectivity index (χ2n) is 4.11. The number of aromatic nitrogens is 1. The molecule has 0 atom stereocenters. The number of halogens is 2. The van der Waals surface area contributed by atoms with Crippen LogP contribution in [0.25, 0.3) is 0 Å². The van der Waals surface area contributed by atoms with Crippen molar-refractivity contribution in [2.75, 3.05) is 0 Å². The van der Waals surface area contributed by atoms with Gasteiger partial charge < -0.3 is 5.32 Å². The zero-order valence-corrected chi connectivity index (χ0v) is 11.7. The van der Waals surface area contributed by atoms with Crippen LogP contribution in [0.15, 0.2) is 40.9 Å². The minimum atomic E-state index is -0.219. The lowest BCUT2D eigenvalue weighted by molar-refractivity contribution is 0.618. The average Bonchev–Trinajstić information content (AvgIpc) is 2.34. The molecule has 0 saturated heterocycles. The number of rotatable bonds is 4. The Balaban J connectivity index is 1.94. The molecule has 2 rings (SSSR count).